The maximum Gasteiger partial charge on any atom is 0.408 e. The van der Waals surface area contributed by atoms with Gasteiger partial charge in [-0.2, -0.15) is 30.7 Å². The lowest BCUT2D eigenvalue weighted by atomic mass is 9.92. The minimum atomic E-state index is -5.94. The highest BCUT2D eigenvalue weighted by atomic mass is 19.4. The Balaban J connectivity index is 3.30. The van der Waals surface area contributed by atoms with Crippen LogP contribution in [0.4, 0.5) is 30.7 Å². The molecule has 92 valence electrons. The number of cyclic esters (lactones) is 2. The number of carbonyl (C=O) groups excluding carboxylic acids is 2. The van der Waals surface area contributed by atoms with Crippen LogP contribution in [0, 0.1) is 5.92 Å². The Morgan fingerprint density at radius 2 is 1.50 bits per heavy atom. The topological polar surface area (TPSA) is 43.4 Å². The van der Waals surface area contributed by atoms with Gasteiger partial charge in [0.05, 0.1) is 0 Å². The van der Waals surface area contributed by atoms with E-state index in [1.165, 1.54) is 0 Å². The molecule has 0 amide bonds. The van der Waals surface area contributed by atoms with Gasteiger partial charge in [-0.05, 0) is 0 Å². The Hall–Kier alpha value is -1.35. The number of rotatable bonds is 0. The smallest absolute Gasteiger partial charge is 0.388 e. The third kappa shape index (κ3) is 1.52. The van der Waals surface area contributed by atoms with E-state index in [2.05, 4.69) is 4.74 Å². The number of hydrogen-bond donors (Lipinski definition) is 0. The molecule has 0 N–H and O–H groups in total. The molecule has 1 saturated heterocycles. The monoisotopic (exact) mass is 254 g/mol. The fourth-order valence-corrected chi connectivity index (χ4v) is 1.02. The average molecular weight is 254 g/mol. The summed E-state index contributed by atoms with van der Waals surface area (Å²) in [5.74, 6) is -21.7. The Bertz CT molecular complexity index is 345. The predicted molar refractivity (Wildman–Crippen MR) is 30.5 cm³/mol. The number of halogens is 7. The van der Waals surface area contributed by atoms with Crippen molar-refractivity contribution in [1.82, 2.24) is 0 Å². The lowest BCUT2D eigenvalue weighted by Crippen LogP contribution is -2.63. The van der Waals surface area contributed by atoms with Gasteiger partial charge in [-0.15, -0.1) is 0 Å². The van der Waals surface area contributed by atoms with E-state index >= 15 is 0 Å². The molecule has 0 aromatic carbocycles. The molecule has 16 heavy (non-hydrogen) atoms. The number of carbonyl (C=O) groups is 2. The van der Waals surface area contributed by atoms with Crippen LogP contribution in [-0.4, -0.2) is 30.0 Å². The normalized spacial score (nSPS) is 28.8. The highest BCUT2D eigenvalue weighted by Gasteiger charge is 2.79. The number of hydrogen-bond acceptors (Lipinski definition) is 3. The maximum absolute atomic E-state index is 12.7. The van der Waals surface area contributed by atoms with E-state index in [1.807, 2.05) is 0 Å². The molecule has 0 aromatic heterocycles. The second-order valence-electron chi connectivity index (χ2n) is 2.88. The Kier molecular flexibility index (Phi) is 2.44. The van der Waals surface area contributed by atoms with Crippen molar-refractivity contribution in [1.29, 1.82) is 0 Å². The summed E-state index contributed by atoms with van der Waals surface area (Å²) in [6.45, 7) is 0. The maximum atomic E-state index is 12.7. The van der Waals surface area contributed by atoms with E-state index in [4.69, 9.17) is 0 Å². The molecule has 0 radical (unpaired) electrons. The van der Waals surface area contributed by atoms with Gasteiger partial charge in [0.25, 0.3) is 0 Å². The molecule has 3 nitrogen and oxygen atoms in total. The number of alkyl halides is 7. The summed E-state index contributed by atoms with van der Waals surface area (Å²) in [7, 11) is 0. The summed E-state index contributed by atoms with van der Waals surface area (Å²) < 4.78 is 89.0. The van der Waals surface area contributed by atoms with Gasteiger partial charge >= 0.3 is 30.0 Å². The van der Waals surface area contributed by atoms with Gasteiger partial charge in [-0.25, -0.2) is 4.79 Å². The van der Waals surface area contributed by atoms with Crippen molar-refractivity contribution in [3.05, 3.63) is 0 Å². The van der Waals surface area contributed by atoms with Crippen molar-refractivity contribution in [2.75, 3.05) is 0 Å². The summed E-state index contributed by atoms with van der Waals surface area (Å²) in [6.07, 6.45) is -5.94. The van der Waals surface area contributed by atoms with Crippen molar-refractivity contribution in [2.45, 2.75) is 18.0 Å². The lowest BCUT2D eigenvalue weighted by Gasteiger charge is -2.34. The Labute approximate surface area is 82.2 Å². The summed E-state index contributed by atoms with van der Waals surface area (Å²) in [5.41, 5.74) is 0. The molecule has 1 heterocycles. The number of esters is 2. The van der Waals surface area contributed by atoms with E-state index in [0.29, 0.717) is 0 Å². The van der Waals surface area contributed by atoms with Gasteiger partial charge in [-0.1, -0.05) is 0 Å². The average Bonchev–Trinajstić information content (AvgIpc) is 1.97. The first-order valence-electron chi connectivity index (χ1n) is 3.51. The molecule has 0 aromatic rings. The predicted octanol–water partition coefficient (Wildman–Crippen LogP) is 1.52. The first-order valence-corrected chi connectivity index (χ1v) is 3.51. The highest BCUT2D eigenvalue weighted by molar-refractivity contribution is 5.95. The van der Waals surface area contributed by atoms with Crippen molar-refractivity contribution in [2.24, 2.45) is 5.92 Å². The molecule has 10 heteroatoms. The second kappa shape index (κ2) is 3.08. The standard InChI is InChI=1S/C6HF7O3/c7-4(8)1(6(11,12)13)2(14)16-3(15)5(4,9)10/h1H. The molecule has 0 bridgehead atoms. The molecule has 1 fully saturated rings. The first-order chi connectivity index (χ1) is 6.92. The SMILES string of the molecule is O=C1OC(=O)C(F)(F)C(F)(F)C1C(F)(F)F. The van der Waals surface area contributed by atoms with Crippen LogP contribution < -0.4 is 0 Å². The van der Waals surface area contributed by atoms with Crippen LogP contribution in [0.25, 0.3) is 0 Å². The largest absolute Gasteiger partial charge is 0.408 e. The first kappa shape index (κ1) is 12.7. The van der Waals surface area contributed by atoms with Crippen LogP contribution in [-0.2, 0) is 14.3 Å². The summed E-state index contributed by atoms with van der Waals surface area (Å²) in [5, 5.41) is 0. The van der Waals surface area contributed by atoms with E-state index in [1.54, 1.807) is 0 Å². The van der Waals surface area contributed by atoms with E-state index < -0.39 is 35.9 Å². The van der Waals surface area contributed by atoms with Crippen LogP contribution in [0.3, 0.4) is 0 Å². The quantitative estimate of drug-likeness (QED) is 0.374. The van der Waals surface area contributed by atoms with Crippen molar-refractivity contribution in [3.63, 3.8) is 0 Å². The zero-order valence-corrected chi connectivity index (χ0v) is 6.95. The molecule has 1 rings (SSSR count). The molecular weight excluding hydrogens is 253 g/mol. The molecule has 1 atom stereocenters. The van der Waals surface area contributed by atoms with Crippen LogP contribution in [0.15, 0.2) is 0 Å². The lowest BCUT2D eigenvalue weighted by molar-refractivity contribution is -0.311. The number of ether oxygens (including phenoxy) is 1. The zero-order chi connectivity index (χ0) is 12.9. The minimum Gasteiger partial charge on any atom is -0.388 e. The fraction of sp³-hybridized carbons (Fsp3) is 0.667. The van der Waals surface area contributed by atoms with Gasteiger partial charge in [0.15, 0.2) is 0 Å². The third-order valence-corrected chi connectivity index (χ3v) is 1.79. The molecule has 1 aliphatic rings. The third-order valence-electron chi connectivity index (χ3n) is 1.79. The summed E-state index contributed by atoms with van der Waals surface area (Å²) >= 11 is 0. The molecule has 0 saturated carbocycles. The van der Waals surface area contributed by atoms with Crippen LogP contribution >= 0.6 is 0 Å². The van der Waals surface area contributed by atoms with Crippen molar-refractivity contribution in [3.8, 4) is 0 Å². The second-order valence-corrected chi connectivity index (χ2v) is 2.88. The van der Waals surface area contributed by atoms with Crippen molar-refractivity contribution >= 4 is 11.9 Å². The molecule has 0 aliphatic carbocycles. The van der Waals surface area contributed by atoms with Crippen LogP contribution in [0.5, 0.6) is 0 Å². The zero-order valence-electron chi connectivity index (χ0n) is 6.95. The van der Waals surface area contributed by atoms with E-state index in [9.17, 15) is 40.3 Å². The van der Waals surface area contributed by atoms with Gasteiger partial charge in [0, 0.05) is 0 Å². The van der Waals surface area contributed by atoms with Crippen LogP contribution in [0.2, 0.25) is 0 Å². The highest BCUT2D eigenvalue weighted by Crippen LogP contribution is 2.50. The molecule has 1 aliphatic heterocycles. The van der Waals surface area contributed by atoms with Gasteiger partial charge in [-0.3, -0.25) is 4.79 Å². The van der Waals surface area contributed by atoms with Gasteiger partial charge < -0.3 is 4.74 Å². The molecular formula is C6HF7O3. The summed E-state index contributed by atoms with van der Waals surface area (Å²) in [6, 6.07) is 0. The minimum absolute atomic E-state index is 2.74. The fourth-order valence-electron chi connectivity index (χ4n) is 1.02. The van der Waals surface area contributed by atoms with Gasteiger partial charge in [0.2, 0.25) is 5.92 Å². The van der Waals surface area contributed by atoms with Crippen molar-refractivity contribution < 1.29 is 45.1 Å². The van der Waals surface area contributed by atoms with E-state index in [-0.39, 0.29) is 0 Å². The Morgan fingerprint density at radius 3 is 1.88 bits per heavy atom. The van der Waals surface area contributed by atoms with Crippen LogP contribution in [0.1, 0.15) is 0 Å². The molecule has 1 unspecified atom stereocenters. The molecule has 0 spiro atoms. The Morgan fingerprint density at radius 1 is 1.06 bits per heavy atom. The summed E-state index contributed by atoms with van der Waals surface area (Å²) in [4.78, 5) is 20.6. The van der Waals surface area contributed by atoms with Gasteiger partial charge in [0.1, 0.15) is 0 Å². The van der Waals surface area contributed by atoms with E-state index in [0.717, 1.165) is 0 Å².